The molecular formula is C12H12N2O4. The Morgan fingerprint density at radius 1 is 1.61 bits per heavy atom. The van der Waals surface area contributed by atoms with Gasteiger partial charge in [0, 0.05) is 11.6 Å². The van der Waals surface area contributed by atoms with E-state index >= 15 is 0 Å². The molecule has 18 heavy (non-hydrogen) atoms. The van der Waals surface area contributed by atoms with Gasteiger partial charge in [-0.3, -0.25) is 14.9 Å². The summed E-state index contributed by atoms with van der Waals surface area (Å²) in [5.74, 6) is -1.11. The van der Waals surface area contributed by atoms with Gasteiger partial charge < -0.3 is 4.74 Å². The Hall–Kier alpha value is -2.42. The second kappa shape index (κ2) is 5.77. The summed E-state index contributed by atoms with van der Waals surface area (Å²) in [5, 5.41) is 19.6. The molecule has 0 aromatic heterocycles. The summed E-state index contributed by atoms with van der Waals surface area (Å²) in [7, 11) is 1.31. The van der Waals surface area contributed by atoms with E-state index in [1.165, 1.54) is 19.2 Å². The number of nitro benzene ring substituents is 1. The zero-order chi connectivity index (χ0) is 13.7. The molecule has 0 amide bonds. The fourth-order valence-electron chi connectivity index (χ4n) is 1.52. The average Bonchev–Trinajstić information content (AvgIpc) is 2.39. The average molecular weight is 248 g/mol. The van der Waals surface area contributed by atoms with E-state index in [9.17, 15) is 14.9 Å². The van der Waals surface area contributed by atoms with Crippen LogP contribution in [0.3, 0.4) is 0 Å². The highest BCUT2D eigenvalue weighted by Crippen LogP contribution is 2.28. The van der Waals surface area contributed by atoms with Crippen molar-refractivity contribution in [2.75, 3.05) is 7.11 Å². The van der Waals surface area contributed by atoms with E-state index in [0.29, 0.717) is 6.42 Å². The maximum absolute atomic E-state index is 11.9. The normalized spacial score (nSPS) is 11.4. The molecule has 0 aliphatic rings. The van der Waals surface area contributed by atoms with Crippen molar-refractivity contribution < 1.29 is 14.5 Å². The molecule has 0 spiro atoms. The number of rotatable bonds is 5. The van der Waals surface area contributed by atoms with Crippen LogP contribution >= 0.6 is 0 Å². The maximum atomic E-state index is 11.9. The van der Waals surface area contributed by atoms with Gasteiger partial charge >= 0.3 is 5.69 Å². The highest BCUT2D eigenvalue weighted by molar-refractivity contribution is 6.00. The predicted octanol–water partition coefficient (Wildman–Crippen LogP) is 2.34. The molecule has 0 saturated carbocycles. The van der Waals surface area contributed by atoms with Gasteiger partial charge in [-0.15, -0.1) is 0 Å². The molecular weight excluding hydrogens is 236 g/mol. The van der Waals surface area contributed by atoms with Crippen LogP contribution in [0.5, 0.6) is 5.75 Å². The number of Topliss-reactive ketones (excluding diaryl/α,β-unsaturated/α-hetero) is 1. The monoisotopic (exact) mass is 248 g/mol. The Labute approximate surface area is 104 Å². The van der Waals surface area contributed by atoms with Crippen molar-refractivity contribution in [1.29, 1.82) is 5.26 Å². The molecule has 0 fully saturated rings. The lowest BCUT2D eigenvalue weighted by atomic mass is 9.96. The van der Waals surface area contributed by atoms with Crippen LogP contribution in [0.2, 0.25) is 0 Å². The van der Waals surface area contributed by atoms with Gasteiger partial charge in [0.1, 0.15) is 5.92 Å². The van der Waals surface area contributed by atoms with Gasteiger partial charge in [0.2, 0.25) is 0 Å². The third kappa shape index (κ3) is 2.63. The van der Waals surface area contributed by atoms with Gasteiger partial charge in [-0.25, -0.2) is 0 Å². The van der Waals surface area contributed by atoms with Crippen molar-refractivity contribution in [2.45, 2.75) is 13.3 Å². The van der Waals surface area contributed by atoms with Crippen molar-refractivity contribution in [3.8, 4) is 11.8 Å². The Balaban J connectivity index is 3.21. The minimum Gasteiger partial charge on any atom is -0.490 e. The second-order valence-corrected chi connectivity index (χ2v) is 3.60. The van der Waals surface area contributed by atoms with Crippen LogP contribution < -0.4 is 4.74 Å². The van der Waals surface area contributed by atoms with Crippen molar-refractivity contribution >= 4 is 11.5 Å². The summed E-state index contributed by atoms with van der Waals surface area (Å²) in [4.78, 5) is 22.1. The first-order valence-corrected chi connectivity index (χ1v) is 5.31. The zero-order valence-electron chi connectivity index (χ0n) is 10.0. The summed E-state index contributed by atoms with van der Waals surface area (Å²) in [6.45, 7) is 1.71. The standard InChI is InChI=1S/C12H12N2O4/c1-3-8(7-13)12(15)9-4-5-11(18-2)10(6-9)14(16)17/h4-6,8H,3H2,1-2H3. The summed E-state index contributed by atoms with van der Waals surface area (Å²) in [5.41, 5.74) is -0.132. The number of nitro groups is 1. The number of ether oxygens (including phenoxy) is 1. The molecule has 0 aliphatic heterocycles. The summed E-state index contributed by atoms with van der Waals surface area (Å²) >= 11 is 0. The minimum absolute atomic E-state index is 0.0848. The molecule has 1 atom stereocenters. The number of ketones is 1. The van der Waals surface area contributed by atoms with Gasteiger partial charge in [-0.2, -0.15) is 5.26 Å². The third-order valence-corrected chi connectivity index (χ3v) is 2.54. The molecule has 0 radical (unpaired) electrons. The summed E-state index contributed by atoms with van der Waals surface area (Å²) < 4.78 is 4.84. The number of benzene rings is 1. The Kier molecular flexibility index (Phi) is 4.38. The van der Waals surface area contributed by atoms with Crippen LogP contribution in [0, 0.1) is 27.4 Å². The van der Waals surface area contributed by atoms with Crippen LogP contribution in [-0.2, 0) is 0 Å². The number of hydrogen-bond acceptors (Lipinski definition) is 5. The number of carbonyl (C=O) groups excluding carboxylic acids is 1. The van der Waals surface area contributed by atoms with Gasteiger partial charge in [0.15, 0.2) is 11.5 Å². The van der Waals surface area contributed by atoms with Crippen molar-refractivity contribution in [1.82, 2.24) is 0 Å². The molecule has 0 bridgehead atoms. The quantitative estimate of drug-likeness (QED) is 0.453. The molecule has 1 aromatic carbocycles. The number of carbonyl (C=O) groups is 1. The van der Waals surface area contributed by atoms with E-state index in [-0.39, 0.29) is 17.0 Å². The van der Waals surface area contributed by atoms with Gasteiger partial charge in [0.05, 0.1) is 18.1 Å². The van der Waals surface area contributed by atoms with Crippen molar-refractivity contribution in [2.24, 2.45) is 5.92 Å². The van der Waals surface area contributed by atoms with E-state index in [1.807, 2.05) is 6.07 Å². The molecule has 6 heteroatoms. The number of methoxy groups -OCH3 is 1. The smallest absolute Gasteiger partial charge is 0.311 e. The Bertz CT molecular complexity index is 519. The summed E-state index contributed by atoms with van der Waals surface area (Å²) in [6, 6.07) is 5.80. The highest BCUT2D eigenvalue weighted by atomic mass is 16.6. The van der Waals surface area contributed by atoms with E-state index in [2.05, 4.69) is 0 Å². The largest absolute Gasteiger partial charge is 0.490 e. The predicted molar refractivity (Wildman–Crippen MR) is 63.4 cm³/mol. The fraction of sp³-hybridized carbons (Fsp3) is 0.333. The molecule has 1 aromatic rings. The van der Waals surface area contributed by atoms with Crippen molar-refractivity contribution in [3.05, 3.63) is 33.9 Å². The molecule has 0 saturated heterocycles. The van der Waals surface area contributed by atoms with Crippen LogP contribution in [-0.4, -0.2) is 17.8 Å². The molecule has 0 aliphatic carbocycles. The topological polar surface area (TPSA) is 93.2 Å². The molecule has 1 rings (SSSR count). The van der Waals surface area contributed by atoms with Crippen LogP contribution in [0.15, 0.2) is 18.2 Å². The highest BCUT2D eigenvalue weighted by Gasteiger charge is 2.22. The number of nitriles is 1. The first-order valence-electron chi connectivity index (χ1n) is 5.31. The van der Waals surface area contributed by atoms with Crippen LogP contribution in [0.1, 0.15) is 23.7 Å². The molecule has 94 valence electrons. The van der Waals surface area contributed by atoms with E-state index in [0.717, 1.165) is 6.07 Å². The fourth-order valence-corrected chi connectivity index (χ4v) is 1.52. The van der Waals surface area contributed by atoms with Gasteiger partial charge in [-0.1, -0.05) is 6.92 Å². The molecule has 6 nitrogen and oxygen atoms in total. The molecule has 0 N–H and O–H groups in total. The van der Waals surface area contributed by atoms with Gasteiger partial charge in [0.25, 0.3) is 0 Å². The van der Waals surface area contributed by atoms with Crippen LogP contribution in [0.25, 0.3) is 0 Å². The Morgan fingerprint density at radius 2 is 2.28 bits per heavy atom. The van der Waals surface area contributed by atoms with Crippen molar-refractivity contribution in [3.63, 3.8) is 0 Å². The third-order valence-electron chi connectivity index (χ3n) is 2.54. The minimum atomic E-state index is -0.780. The number of hydrogen-bond donors (Lipinski definition) is 0. The summed E-state index contributed by atoms with van der Waals surface area (Å²) in [6.07, 6.45) is 0.370. The number of nitrogens with zero attached hydrogens (tertiary/aromatic N) is 2. The zero-order valence-corrected chi connectivity index (χ0v) is 10.0. The Morgan fingerprint density at radius 3 is 2.72 bits per heavy atom. The first-order chi connectivity index (χ1) is 8.54. The van der Waals surface area contributed by atoms with E-state index in [1.54, 1.807) is 6.92 Å². The first kappa shape index (κ1) is 13.6. The molecule has 0 heterocycles. The lowest BCUT2D eigenvalue weighted by molar-refractivity contribution is -0.385. The lowest BCUT2D eigenvalue weighted by Gasteiger charge is -2.06. The van der Waals surface area contributed by atoms with Gasteiger partial charge in [-0.05, 0) is 18.6 Å². The lowest BCUT2D eigenvalue weighted by Crippen LogP contribution is -2.12. The second-order valence-electron chi connectivity index (χ2n) is 3.60. The maximum Gasteiger partial charge on any atom is 0.311 e. The van der Waals surface area contributed by atoms with E-state index < -0.39 is 16.6 Å². The molecule has 1 unspecified atom stereocenters. The van der Waals surface area contributed by atoms with Crippen LogP contribution in [0.4, 0.5) is 5.69 Å². The SMILES string of the molecule is CCC(C#N)C(=O)c1ccc(OC)c([N+](=O)[O-])c1. The van der Waals surface area contributed by atoms with E-state index in [4.69, 9.17) is 10.00 Å².